The molecular formula is C16H28N2O2. The lowest BCUT2D eigenvalue weighted by Crippen LogP contribution is -2.54. The highest BCUT2D eigenvalue weighted by molar-refractivity contribution is 5.21. The van der Waals surface area contributed by atoms with Gasteiger partial charge in [-0.2, -0.15) is 0 Å². The van der Waals surface area contributed by atoms with E-state index >= 15 is 0 Å². The number of nitrogens with zero attached hydrogens (tertiary/aromatic N) is 1. The van der Waals surface area contributed by atoms with E-state index in [1.165, 1.54) is 6.42 Å². The fourth-order valence-electron chi connectivity index (χ4n) is 4.08. The van der Waals surface area contributed by atoms with Gasteiger partial charge in [-0.3, -0.25) is 0 Å². The number of hydrogen-bond donors (Lipinski definition) is 2. The average molecular weight is 280 g/mol. The quantitative estimate of drug-likeness (QED) is 0.890. The molecule has 2 N–H and O–H groups in total. The van der Waals surface area contributed by atoms with Crippen molar-refractivity contribution in [3.05, 3.63) is 17.0 Å². The number of aryl methyl sites for hydroxylation is 2. The first kappa shape index (κ1) is 15.5. The molecule has 1 aromatic rings. The van der Waals surface area contributed by atoms with Crippen molar-refractivity contribution < 1.29 is 9.63 Å². The molecule has 0 amide bonds. The smallest absolute Gasteiger partial charge is 0.138 e. The zero-order chi connectivity index (χ0) is 15.0. The van der Waals surface area contributed by atoms with Gasteiger partial charge in [0.25, 0.3) is 0 Å². The van der Waals surface area contributed by atoms with Crippen molar-refractivity contribution in [1.29, 1.82) is 0 Å². The van der Waals surface area contributed by atoms with Crippen LogP contribution in [0.2, 0.25) is 0 Å². The van der Waals surface area contributed by atoms with E-state index in [1.54, 1.807) is 0 Å². The van der Waals surface area contributed by atoms with Crippen LogP contribution in [0.15, 0.2) is 4.52 Å². The van der Waals surface area contributed by atoms with Crippen LogP contribution >= 0.6 is 0 Å². The van der Waals surface area contributed by atoms with E-state index in [0.29, 0.717) is 12.5 Å². The minimum absolute atomic E-state index is 0.183. The third kappa shape index (κ3) is 3.23. The standard InChI is InChI=1S/C16H28N2O2/c1-11-6-15(4,5)9-16(7-11,10-19)17-8-14-12(2)18-20-13(14)3/h11,17,19H,6-10H2,1-5H3/t11-,16+/m0/s1. The summed E-state index contributed by atoms with van der Waals surface area (Å²) in [5.41, 5.74) is 2.14. The number of rotatable bonds is 4. The lowest BCUT2D eigenvalue weighted by molar-refractivity contribution is 0.0351. The van der Waals surface area contributed by atoms with Gasteiger partial charge in [0.2, 0.25) is 0 Å². The molecule has 2 rings (SSSR count). The molecule has 0 spiro atoms. The van der Waals surface area contributed by atoms with Gasteiger partial charge in [0, 0.05) is 17.6 Å². The Balaban J connectivity index is 2.12. The molecular weight excluding hydrogens is 252 g/mol. The molecule has 4 nitrogen and oxygen atoms in total. The van der Waals surface area contributed by atoms with E-state index in [0.717, 1.165) is 29.9 Å². The fraction of sp³-hybridized carbons (Fsp3) is 0.812. The molecule has 1 aliphatic rings. The van der Waals surface area contributed by atoms with Crippen molar-refractivity contribution in [2.75, 3.05) is 6.61 Å². The van der Waals surface area contributed by atoms with Gasteiger partial charge in [-0.1, -0.05) is 25.9 Å². The van der Waals surface area contributed by atoms with Crippen molar-refractivity contribution in [3.63, 3.8) is 0 Å². The van der Waals surface area contributed by atoms with Gasteiger partial charge in [0.1, 0.15) is 5.76 Å². The normalized spacial score (nSPS) is 29.6. The second-order valence-corrected chi connectivity index (χ2v) is 7.45. The molecule has 1 heterocycles. The van der Waals surface area contributed by atoms with Crippen LogP contribution in [-0.2, 0) is 6.54 Å². The summed E-state index contributed by atoms with van der Waals surface area (Å²) in [6, 6.07) is 0. The SMILES string of the molecule is Cc1noc(C)c1CN[C@]1(CO)C[C@@H](C)CC(C)(C)C1. The number of aliphatic hydroxyl groups is 1. The Labute approximate surface area is 121 Å². The Hall–Kier alpha value is -0.870. The van der Waals surface area contributed by atoms with Crippen LogP contribution < -0.4 is 5.32 Å². The highest BCUT2D eigenvalue weighted by Gasteiger charge is 2.42. The van der Waals surface area contributed by atoms with Crippen LogP contribution in [0, 0.1) is 25.2 Å². The fourth-order valence-corrected chi connectivity index (χ4v) is 4.08. The molecule has 114 valence electrons. The Kier molecular flexibility index (Phi) is 4.26. The summed E-state index contributed by atoms with van der Waals surface area (Å²) in [6.45, 7) is 11.7. The lowest BCUT2D eigenvalue weighted by Gasteiger charge is -2.47. The highest BCUT2D eigenvalue weighted by atomic mass is 16.5. The summed E-state index contributed by atoms with van der Waals surface area (Å²) >= 11 is 0. The molecule has 0 aromatic carbocycles. The van der Waals surface area contributed by atoms with Gasteiger partial charge >= 0.3 is 0 Å². The van der Waals surface area contributed by atoms with Crippen molar-refractivity contribution in [1.82, 2.24) is 10.5 Å². The molecule has 20 heavy (non-hydrogen) atoms. The number of aromatic nitrogens is 1. The third-order valence-electron chi connectivity index (χ3n) is 4.58. The Morgan fingerprint density at radius 3 is 2.55 bits per heavy atom. The number of aliphatic hydroxyl groups excluding tert-OH is 1. The van der Waals surface area contributed by atoms with Crippen molar-refractivity contribution in [3.8, 4) is 0 Å². The van der Waals surface area contributed by atoms with Gasteiger partial charge in [-0.15, -0.1) is 0 Å². The Bertz CT molecular complexity index is 448. The average Bonchev–Trinajstić information content (AvgIpc) is 2.64. The zero-order valence-corrected chi connectivity index (χ0v) is 13.4. The summed E-state index contributed by atoms with van der Waals surface area (Å²) in [4.78, 5) is 0. The van der Waals surface area contributed by atoms with Gasteiger partial charge < -0.3 is 14.9 Å². The molecule has 0 unspecified atom stereocenters. The zero-order valence-electron chi connectivity index (χ0n) is 13.4. The van der Waals surface area contributed by atoms with Crippen LogP contribution in [0.4, 0.5) is 0 Å². The van der Waals surface area contributed by atoms with Gasteiger partial charge in [0.05, 0.1) is 12.3 Å². The molecule has 0 aliphatic heterocycles. The summed E-state index contributed by atoms with van der Waals surface area (Å²) in [5, 5.41) is 17.6. The Morgan fingerprint density at radius 1 is 1.35 bits per heavy atom. The molecule has 0 radical (unpaired) electrons. The second-order valence-electron chi connectivity index (χ2n) is 7.45. The summed E-state index contributed by atoms with van der Waals surface area (Å²) in [6.07, 6.45) is 3.25. The molecule has 1 aliphatic carbocycles. The topological polar surface area (TPSA) is 58.3 Å². The van der Waals surface area contributed by atoms with Crippen molar-refractivity contribution in [2.45, 2.75) is 66.0 Å². The largest absolute Gasteiger partial charge is 0.394 e. The molecule has 0 saturated heterocycles. The predicted molar refractivity (Wildman–Crippen MR) is 79.4 cm³/mol. The van der Waals surface area contributed by atoms with Crippen LogP contribution in [0.1, 0.15) is 57.1 Å². The van der Waals surface area contributed by atoms with Crippen LogP contribution in [0.5, 0.6) is 0 Å². The van der Waals surface area contributed by atoms with Crippen molar-refractivity contribution in [2.24, 2.45) is 11.3 Å². The molecule has 4 heteroatoms. The van der Waals surface area contributed by atoms with E-state index in [-0.39, 0.29) is 17.6 Å². The molecule has 2 atom stereocenters. The monoisotopic (exact) mass is 280 g/mol. The summed E-state index contributed by atoms with van der Waals surface area (Å²) in [5.74, 6) is 1.49. The molecule has 1 saturated carbocycles. The Morgan fingerprint density at radius 2 is 2.05 bits per heavy atom. The lowest BCUT2D eigenvalue weighted by atomic mass is 9.64. The van der Waals surface area contributed by atoms with E-state index in [1.807, 2.05) is 13.8 Å². The molecule has 1 fully saturated rings. The first-order chi connectivity index (χ1) is 9.27. The summed E-state index contributed by atoms with van der Waals surface area (Å²) in [7, 11) is 0. The van der Waals surface area contributed by atoms with Crippen LogP contribution in [-0.4, -0.2) is 22.4 Å². The first-order valence-electron chi connectivity index (χ1n) is 7.55. The van der Waals surface area contributed by atoms with Gasteiger partial charge in [0.15, 0.2) is 0 Å². The maximum Gasteiger partial charge on any atom is 0.138 e. The van der Waals surface area contributed by atoms with E-state index in [4.69, 9.17) is 4.52 Å². The van der Waals surface area contributed by atoms with Gasteiger partial charge in [-0.05, 0) is 44.4 Å². The maximum atomic E-state index is 9.96. The summed E-state index contributed by atoms with van der Waals surface area (Å²) < 4.78 is 5.21. The van der Waals surface area contributed by atoms with Crippen molar-refractivity contribution >= 4 is 0 Å². The number of nitrogens with one attached hydrogen (secondary N) is 1. The number of hydrogen-bond acceptors (Lipinski definition) is 4. The molecule has 1 aromatic heterocycles. The van der Waals surface area contributed by atoms with E-state index in [9.17, 15) is 5.11 Å². The first-order valence-corrected chi connectivity index (χ1v) is 7.55. The van der Waals surface area contributed by atoms with Gasteiger partial charge in [-0.25, -0.2) is 0 Å². The van der Waals surface area contributed by atoms with Crippen LogP contribution in [0.25, 0.3) is 0 Å². The third-order valence-corrected chi connectivity index (χ3v) is 4.58. The highest BCUT2D eigenvalue weighted by Crippen LogP contribution is 2.43. The maximum absolute atomic E-state index is 9.96. The second kappa shape index (κ2) is 5.49. The van der Waals surface area contributed by atoms with E-state index < -0.39 is 0 Å². The minimum atomic E-state index is -0.183. The minimum Gasteiger partial charge on any atom is -0.394 e. The van der Waals surface area contributed by atoms with E-state index in [2.05, 4.69) is 31.2 Å². The molecule has 0 bridgehead atoms. The predicted octanol–water partition coefficient (Wildman–Crippen LogP) is 2.96. The van der Waals surface area contributed by atoms with Crippen LogP contribution in [0.3, 0.4) is 0 Å².